The van der Waals surface area contributed by atoms with Crippen molar-refractivity contribution in [2.45, 2.75) is 24.2 Å². The molecular formula is C14H14ClN7O3S. The summed E-state index contributed by atoms with van der Waals surface area (Å²) in [7, 11) is 0. The number of benzene rings is 1. The molecule has 0 aliphatic carbocycles. The second-order valence-corrected chi connectivity index (χ2v) is 7.03. The second kappa shape index (κ2) is 7.40. The van der Waals surface area contributed by atoms with Crippen molar-refractivity contribution in [3.63, 3.8) is 0 Å². The molecule has 2 aromatic heterocycles. The predicted octanol–water partition coefficient (Wildman–Crippen LogP) is 1.96. The zero-order chi connectivity index (χ0) is 18.7. The first-order chi connectivity index (χ1) is 12.4. The van der Waals surface area contributed by atoms with Crippen LogP contribution in [0.25, 0.3) is 5.69 Å². The number of imidazole rings is 1. The largest absolute Gasteiger partial charge is 0.387 e. The average molecular weight is 396 g/mol. The fraction of sp³-hybridized carbons (Fsp3) is 0.286. The van der Waals surface area contributed by atoms with Crippen molar-refractivity contribution in [1.82, 2.24) is 29.8 Å². The Kier molecular flexibility index (Phi) is 5.20. The molecule has 3 rings (SSSR count). The van der Waals surface area contributed by atoms with E-state index in [1.54, 1.807) is 11.6 Å². The molecule has 0 spiro atoms. The first-order valence-corrected chi connectivity index (χ1v) is 8.78. The minimum atomic E-state index is -1.23. The van der Waals surface area contributed by atoms with Crippen molar-refractivity contribution < 1.29 is 10.0 Å². The Hall–Kier alpha value is -2.50. The van der Waals surface area contributed by atoms with Crippen molar-refractivity contribution in [3.05, 3.63) is 51.9 Å². The number of nitro groups is 1. The highest BCUT2D eigenvalue weighted by molar-refractivity contribution is 7.99. The maximum atomic E-state index is 10.8. The van der Waals surface area contributed by atoms with Gasteiger partial charge in [-0.25, -0.2) is 0 Å². The molecule has 3 aromatic rings. The van der Waals surface area contributed by atoms with E-state index < -0.39 is 10.5 Å². The van der Waals surface area contributed by atoms with Gasteiger partial charge in [-0.15, -0.1) is 5.10 Å². The number of hydrogen-bond acceptors (Lipinski definition) is 8. The zero-order valence-electron chi connectivity index (χ0n) is 13.6. The molecule has 0 amide bonds. The van der Waals surface area contributed by atoms with E-state index in [4.69, 9.17) is 11.6 Å². The van der Waals surface area contributed by atoms with Crippen LogP contribution in [0.1, 0.15) is 6.92 Å². The second-order valence-electron chi connectivity index (χ2n) is 5.75. The molecule has 0 fully saturated rings. The minimum Gasteiger partial charge on any atom is -0.387 e. The lowest BCUT2D eigenvalue weighted by Gasteiger charge is -2.22. The van der Waals surface area contributed by atoms with Crippen LogP contribution < -0.4 is 0 Å². The summed E-state index contributed by atoms with van der Waals surface area (Å²) in [6.45, 7) is 1.63. The van der Waals surface area contributed by atoms with Crippen molar-refractivity contribution in [2.24, 2.45) is 0 Å². The smallest absolute Gasteiger partial charge is 0.383 e. The van der Waals surface area contributed by atoms with Gasteiger partial charge in [0.1, 0.15) is 6.20 Å². The monoisotopic (exact) mass is 395 g/mol. The summed E-state index contributed by atoms with van der Waals surface area (Å²) in [6, 6.07) is 9.36. The average Bonchev–Trinajstić information content (AvgIpc) is 3.21. The van der Waals surface area contributed by atoms with E-state index in [9.17, 15) is 15.2 Å². The molecule has 10 nitrogen and oxygen atoms in total. The minimum absolute atomic E-state index is 0.0343. The van der Waals surface area contributed by atoms with Crippen molar-refractivity contribution in [1.29, 1.82) is 0 Å². The van der Waals surface area contributed by atoms with Gasteiger partial charge in [-0.2, -0.15) is 4.68 Å². The Morgan fingerprint density at radius 1 is 1.38 bits per heavy atom. The van der Waals surface area contributed by atoms with Gasteiger partial charge in [-0.05, 0) is 51.0 Å². The molecule has 136 valence electrons. The van der Waals surface area contributed by atoms with Gasteiger partial charge in [0.2, 0.25) is 5.16 Å². The van der Waals surface area contributed by atoms with Crippen LogP contribution in [0.5, 0.6) is 0 Å². The topological polar surface area (TPSA) is 125 Å². The molecule has 1 N–H and O–H groups in total. The van der Waals surface area contributed by atoms with E-state index in [2.05, 4.69) is 20.5 Å². The summed E-state index contributed by atoms with van der Waals surface area (Å²) in [5.74, 6) is -0.130. The Bertz CT molecular complexity index is 912. The highest BCUT2D eigenvalue weighted by Gasteiger charge is 2.27. The standard InChI is InChI=1S/C14H14ClN7O3S/c1-14(23,8-20-7-11(22(24)25)16-12(20)15)9-26-13-17-18-19-21(13)10-5-3-2-4-6-10/h2-7,23H,8-9H2,1H3. The molecule has 1 aromatic carbocycles. The number of aromatic nitrogens is 6. The molecule has 0 aliphatic heterocycles. The summed E-state index contributed by atoms with van der Waals surface area (Å²) >= 11 is 7.15. The maximum Gasteiger partial charge on any atom is 0.383 e. The number of rotatable bonds is 7. The molecule has 2 heterocycles. The van der Waals surface area contributed by atoms with E-state index in [-0.39, 0.29) is 23.4 Å². The Morgan fingerprint density at radius 3 is 2.77 bits per heavy atom. The SMILES string of the molecule is CC(O)(CSc1nnnn1-c1ccccc1)Cn1cc([N+](=O)[O-])nc1Cl. The Balaban J connectivity index is 1.70. The predicted molar refractivity (Wildman–Crippen MR) is 94.4 cm³/mol. The summed E-state index contributed by atoms with van der Waals surface area (Å²) < 4.78 is 2.90. The van der Waals surface area contributed by atoms with Crippen LogP contribution in [0, 0.1) is 10.1 Å². The van der Waals surface area contributed by atoms with Crippen LogP contribution in [0.3, 0.4) is 0 Å². The van der Waals surface area contributed by atoms with Gasteiger partial charge < -0.3 is 15.2 Å². The molecule has 26 heavy (non-hydrogen) atoms. The normalized spacial score (nSPS) is 13.5. The lowest BCUT2D eigenvalue weighted by Crippen LogP contribution is -2.33. The van der Waals surface area contributed by atoms with Gasteiger partial charge in [0, 0.05) is 5.75 Å². The summed E-state index contributed by atoms with van der Waals surface area (Å²) in [6.07, 6.45) is 1.19. The van der Waals surface area contributed by atoms with Crippen molar-refractivity contribution >= 4 is 29.2 Å². The van der Waals surface area contributed by atoms with Gasteiger partial charge in [0.25, 0.3) is 0 Å². The van der Waals surface area contributed by atoms with E-state index >= 15 is 0 Å². The molecule has 0 bridgehead atoms. The van der Waals surface area contributed by atoms with Crippen LogP contribution in [0.15, 0.2) is 41.7 Å². The summed E-state index contributed by atoms with van der Waals surface area (Å²) in [4.78, 5) is 13.8. The maximum absolute atomic E-state index is 10.8. The molecule has 0 aliphatic rings. The number of para-hydroxylation sites is 1. The van der Waals surface area contributed by atoms with E-state index in [0.717, 1.165) is 5.69 Å². The van der Waals surface area contributed by atoms with E-state index in [1.165, 1.54) is 22.5 Å². The van der Waals surface area contributed by atoms with Crippen LogP contribution in [0.4, 0.5) is 5.82 Å². The van der Waals surface area contributed by atoms with Gasteiger partial charge >= 0.3 is 11.1 Å². The van der Waals surface area contributed by atoms with E-state index in [0.29, 0.717) is 5.16 Å². The fourth-order valence-corrected chi connectivity index (χ4v) is 3.30. The van der Waals surface area contributed by atoms with Crippen LogP contribution >= 0.6 is 23.4 Å². The lowest BCUT2D eigenvalue weighted by atomic mass is 10.1. The molecular weight excluding hydrogens is 382 g/mol. The molecule has 0 radical (unpaired) electrons. The molecule has 1 unspecified atom stereocenters. The highest BCUT2D eigenvalue weighted by atomic mass is 35.5. The number of halogens is 1. The van der Waals surface area contributed by atoms with E-state index in [1.807, 2.05) is 30.3 Å². The van der Waals surface area contributed by atoms with Crippen LogP contribution in [-0.4, -0.2) is 51.1 Å². The Morgan fingerprint density at radius 2 is 2.12 bits per heavy atom. The number of tetrazole rings is 1. The van der Waals surface area contributed by atoms with Gasteiger partial charge in [-0.1, -0.05) is 30.0 Å². The van der Waals surface area contributed by atoms with Gasteiger partial charge in [0.15, 0.2) is 0 Å². The van der Waals surface area contributed by atoms with Gasteiger partial charge in [0.05, 0.1) is 17.8 Å². The highest BCUT2D eigenvalue weighted by Crippen LogP contribution is 2.25. The number of aliphatic hydroxyl groups is 1. The lowest BCUT2D eigenvalue weighted by molar-refractivity contribution is -0.389. The van der Waals surface area contributed by atoms with Crippen molar-refractivity contribution in [2.75, 3.05) is 5.75 Å². The number of hydrogen-bond donors (Lipinski definition) is 1. The quantitative estimate of drug-likeness (QED) is 0.365. The first-order valence-electron chi connectivity index (χ1n) is 7.42. The fourth-order valence-electron chi connectivity index (χ4n) is 2.21. The summed E-state index contributed by atoms with van der Waals surface area (Å²) in [5, 5.41) is 33.4. The third-order valence-electron chi connectivity index (χ3n) is 3.37. The first kappa shape index (κ1) is 18.3. The Labute approximate surface area is 157 Å². The molecule has 0 saturated carbocycles. The number of thioether (sulfide) groups is 1. The van der Waals surface area contributed by atoms with Crippen LogP contribution in [-0.2, 0) is 6.54 Å². The molecule has 0 saturated heterocycles. The van der Waals surface area contributed by atoms with Gasteiger partial charge in [-0.3, -0.25) is 4.57 Å². The van der Waals surface area contributed by atoms with Crippen molar-refractivity contribution in [3.8, 4) is 5.69 Å². The molecule has 12 heteroatoms. The van der Waals surface area contributed by atoms with Crippen LogP contribution in [0.2, 0.25) is 5.28 Å². The third-order valence-corrected chi connectivity index (χ3v) is 4.95. The summed E-state index contributed by atoms with van der Waals surface area (Å²) in [5.41, 5.74) is -0.427. The third kappa shape index (κ3) is 4.18. The molecule has 1 atom stereocenters. The zero-order valence-corrected chi connectivity index (χ0v) is 15.1. The number of nitrogens with zero attached hydrogens (tertiary/aromatic N) is 7.